The summed E-state index contributed by atoms with van der Waals surface area (Å²) in [6.45, 7) is 3.44. The SMILES string of the molecule is Cc1cc(CC(NC(=O)c2c(C)cccc2Cl)C(=O)O)ccc1NC(=O)c1cccc([N+](=O)[O-])c1. The van der Waals surface area contributed by atoms with Gasteiger partial charge < -0.3 is 15.7 Å². The predicted octanol–water partition coefficient (Wildman–Crippen LogP) is 4.54. The smallest absolute Gasteiger partial charge is 0.326 e. The van der Waals surface area contributed by atoms with Crippen LogP contribution in [0.1, 0.15) is 37.4 Å². The molecule has 0 spiro atoms. The number of anilines is 1. The number of rotatable bonds is 8. The maximum absolute atomic E-state index is 12.7. The molecule has 1 atom stereocenters. The lowest BCUT2D eigenvalue weighted by Gasteiger charge is -2.17. The van der Waals surface area contributed by atoms with Crippen LogP contribution in [0.15, 0.2) is 60.7 Å². The molecule has 0 saturated carbocycles. The number of hydrogen-bond acceptors (Lipinski definition) is 5. The lowest BCUT2D eigenvalue weighted by atomic mass is 10.0. The van der Waals surface area contributed by atoms with Gasteiger partial charge in [0.25, 0.3) is 17.5 Å². The van der Waals surface area contributed by atoms with Crippen molar-refractivity contribution in [2.45, 2.75) is 26.3 Å². The highest BCUT2D eigenvalue weighted by Crippen LogP contribution is 2.22. The number of carboxylic acids is 1. The zero-order valence-electron chi connectivity index (χ0n) is 18.9. The first kappa shape index (κ1) is 25.4. The summed E-state index contributed by atoms with van der Waals surface area (Å²) in [6, 6.07) is 14.1. The normalized spacial score (nSPS) is 11.4. The molecule has 0 radical (unpaired) electrons. The molecule has 3 N–H and O–H groups in total. The van der Waals surface area contributed by atoms with Crippen molar-refractivity contribution in [3.05, 3.63) is 104 Å². The van der Waals surface area contributed by atoms with Crippen LogP contribution in [0.25, 0.3) is 0 Å². The highest BCUT2D eigenvalue weighted by Gasteiger charge is 2.23. The maximum Gasteiger partial charge on any atom is 0.326 e. The number of nitrogens with zero attached hydrogens (tertiary/aromatic N) is 1. The van der Waals surface area contributed by atoms with Gasteiger partial charge in [-0.15, -0.1) is 0 Å². The first-order valence-corrected chi connectivity index (χ1v) is 10.9. The Labute approximate surface area is 205 Å². The molecule has 0 heterocycles. The average molecular weight is 496 g/mol. The molecule has 0 aliphatic carbocycles. The van der Waals surface area contributed by atoms with Gasteiger partial charge in [0.2, 0.25) is 0 Å². The molecule has 2 amide bonds. The second-order valence-corrected chi connectivity index (χ2v) is 8.32. The van der Waals surface area contributed by atoms with Gasteiger partial charge in [0.15, 0.2) is 0 Å². The number of nitrogens with one attached hydrogen (secondary N) is 2. The molecule has 0 bridgehead atoms. The number of aliphatic carboxylic acids is 1. The van der Waals surface area contributed by atoms with E-state index in [1.807, 2.05) is 0 Å². The minimum absolute atomic E-state index is 0.00448. The van der Waals surface area contributed by atoms with Crippen molar-refractivity contribution < 1.29 is 24.4 Å². The molecule has 3 aromatic carbocycles. The van der Waals surface area contributed by atoms with Crippen LogP contribution in [-0.2, 0) is 11.2 Å². The number of carbonyl (C=O) groups is 3. The van der Waals surface area contributed by atoms with Crippen LogP contribution < -0.4 is 10.6 Å². The van der Waals surface area contributed by atoms with Gasteiger partial charge >= 0.3 is 5.97 Å². The van der Waals surface area contributed by atoms with E-state index in [4.69, 9.17) is 11.6 Å². The van der Waals surface area contributed by atoms with Crippen LogP contribution in [0.2, 0.25) is 5.02 Å². The fourth-order valence-corrected chi connectivity index (χ4v) is 3.84. The van der Waals surface area contributed by atoms with Crippen molar-refractivity contribution in [2.75, 3.05) is 5.32 Å². The summed E-state index contributed by atoms with van der Waals surface area (Å²) in [5, 5.41) is 26.0. The van der Waals surface area contributed by atoms with Gasteiger partial charge in [-0.05, 0) is 48.7 Å². The molecule has 10 heteroatoms. The number of benzene rings is 3. The summed E-state index contributed by atoms with van der Waals surface area (Å²) in [4.78, 5) is 47.4. The molecule has 3 rings (SSSR count). The van der Waals surface area contributed by atoms with E-state index < -0.39 is 28.7 Å². The number of nitro groups is 1. The molecule has 9 nitrogen and oxygen atoms in total. The van der Waals surface area contributed by atoms with E-state index >= 15 is 0 Å². The van der Waals surface area contributed by atoms with Crippen molar-refractivity contribution in [2.24, 2.45) is 0 Å². The number of halogens is 1. The standard InChI is InChI=1S/C25H22ClN3O6/c1-14-5-3-8-19(26)22(14)24(31)28-21(25(32)33)12-16-9-10-20(15(2)11-16)27-23(30)17-6-4-7-18(13-17)29(34)35/h3-11,13,21H,12H2,1-2H3,(H,27,30)(H,28,31)(H,32,33). The fraction of sp³-hybridized carbons (Fsp3) is 0.160. The summed E-state index contributed by atoms with van der Waals surface area (Å²) >= 11 is 6.12. The van der Waals surface area contributed by atoms with Crippen LogP contribution in [0, 0.1) is 24.0 Å². The number of aryl methyl sites for hydroxylation is 2. The van der Waals surface area contributed by atoms with Crippen LogP contribution in [0.4, 0.5) is 11.4 Å². The number of non-ortho nitro benzene ring substituents is 1. The highest BCUT2D eigenvalue weighted by atomic mass is 35.5. The van der Waals surface area contributed by atoms with Crippen molar-refractivity contribution in [3.63, 3.8) is 0 Å². The topological polar surface area (TPSA) is 139 Å². The Morgan fingerprint density at radius 3 is 2.34 bits per heavy atom. The minimum Gasteiger partial charge on any atom is -0.480 e. The second kappa shape index (κ2) is 10.8. The fourth-order valence-electron chi connectivity index (χ4n) is 3.53. The van der Waals surface area contributed by atoms with E-state index in [0.29, 0.717) is 22.4 Å². The lowest BCUT2D eigenvalue weighted by molar-refractivity contribution is -0.384. The lowest BCUT2D eigenvalue weighted by Crippen LogP contribution is -2.42. The first-order valence-electron chi connectivity index (χ1n) is 10.5. The summed E-state index contributed by atoms with van der Waals surface area (Å²) < 4.78 is 0. The molecule has 0 aliphatic rings. The first-order chi connectivity index (χ1) is 16.6. The number of carboxylic acid groups (broad SMARTS) is 1. The highest BCUT2D eigenvalue weighted by molar-refractivity contribution is 6.34. The molecule has 3 aromatic rings. The molecule has 35 heavy (non-hydrogen) atoms. The van der Waals surface area contributed by atoms with E-state index in [-0.39, 0.29) is 28.3 Å². The van der Waals surface area contributed by atoms with Crippen molar-refractivity contribution in [3.8, 4) is 0 Å². The Balaban J connectivity index is 1.73. The third-order valence-corrected chi connectivity index (χ3v) is 5.67. The number of nitro benzene ring substituents is 1. The molecule has 0 aromatic heterocycles. The number of amides is 2. The molecule has 0 aliphatic heterocycles. The molecule has 1 unspecified atom stereocenters. The summed E-state index contributed by atoms with van der Waals surface area (Å²) in [5.41, 5.74) is 2.52. The minimum atomic E-state index is -1.21. The Morgan fingerprint density at radius 1 is 1.00 bits per heavy atom. The Morgan fingerprint density at radius 2 is 1.71 bits per heavy atom. The zero-order valence-corrected chi connectivity index (χ0v) is 19.6. The summed E-state index contributed by atoms with van der Waals surface area (Å²) in [7, 11) is 0. The van der Waals surface area contributed by atoms with E-state index in [0.717, 1.165) is 0 Å². The Hall–Kier alpha value is -4.24. The van der Waals surface area contributed by atoms with Crippen molar-refractivity contribution in [1.82, 2.24) is 5.32 Å². The number of hydrogen-bond donors (Lipinski definition) is 3. The van der Waals surface area contributed by atoms with Crippen LogP contribution >= 0.6 is 11.6 Å². The molecule has 0 saturated heterocycles. The van der Waals surface area contributed by atoms with Gasteiger partial charge in [0, 0.05) is 29.8 Å². The van der Waals surface area contributed by atoms with E-state index in [1.54, 1.807) is 50.2 Å². The van der Waals surface area contributed by atoms with Gasteiger partial charge in [-0.1, -0.05) is 41.9 Å². The summed E-state index contributed by atoms with van der Waals surface area (Å²) in [5.74, 6) is -2.31. The van der Waals surface area contributed by atoms with E-state index in [9.17, 15) is 29.6 Å². The zero-order chi connectivity index (χ0) is 25.7. The van der Waals surface area contributed by atoms with Crippen LogP contribution in [0.5, 0.6) is 0 Å². The molecule has 180 valence electrons. The number of carbonyl (C=O) groups excluding carboxylic acids is 2. The van der Waals surface area contributed by atoms with E-state index in [1.165, 1.54) is 24.3 Å². The second-order valence-electron chi connectivity index (χ2n) is 7.91. The molecular formula is C25H22ClN3O6. The molecular weight excluding hydrogens is 474 g/mol. The van der Waals surface area contributed by atoms with E-state index in [2.05, 4.69) is 10.6 Å². The molecule has 0 fully saturated rings. The van der Waals surface area contributed by atoms with Gasteiger partial charge in [-0.2, -0.15) is 0 Å². The third-order valence-electron chi connectivity index (χ3n) is 5.35. The van der Waals surface area contributed by atoms with Gasteiger partial charge in [-0.3, -0.25) is 19.7 Å². The quantitative estimate of drug-likeness (QED) is 0.309. The Bertz CT molecular complexity index is 1300. The Kier molecular flexibility index (Phi) is 7.83. The largest absolute Gasteiger partial charge is 0.480 e. The maximum atomic E-state index is 12.7. The third kappa shape index (κ3) is 6.21. The van der Waals surface area contributed by atoms with Crippen molar-refractivity contribution >= 4 is 40.8 Å². The average Bonchev–Trinajstić information content (AvgIpc) is 2.80. The van der Waals surface area contributed by atoms with Crippen LogP contribution in [-0.4, -0.2) is 33.9 Å². The van der Waals surface area contributed by atoms with Crippen LogP contribution in [0.3, 0.4) is 0 Å². The van der Waals surface area contributed by atoms with Gasteiger partial charge in [0.05, 0.1) is 15.5 Å². The van der Waals surface area contributed by atoms with Gasteiger partial charge in [-0.25, -0.2) is 4.79 Å². The summed E-state index contributed by atoms with van der Waals surface area (Å²) in [6.07, 6.45) is 0.00448. The monoisotopic (exact) mass is 495 g/mol. The predicted molar refractivity (Wildman–Crippen MR) is 131 cm³/mol. The van der Waals surface area contributed by atoms with Gasteiger partial charge in [0.1, 0.15) is 6.04 Å². The van der Waals surface area contributed by atoms with Crippen molar-refractivity contribution in [1.29, 1.82) is 0 Å².